The molecule has 0 unspecified atom stereocenters. The van der Waals surface area contributed by atoms with Gasteiger partial charge < -0.3 is 10.6 Å². The van der Waals surface area contributed by atoms with Gasteiger partial charge in [-0.2, -0.15) is 0 Å². The van der Waals surface area contributed by atoms with Gasteiger partial charge in [-0.15, -0.1) is 0 Å². The standard InChI is InChI=1S/C11H13FN2OS/c1-2-14(7-10(13)16)11(15)8-4-3-5-9(12)6-8/h3-6H,2,7H2,1H3,(H2,13,16). The molecular formula is C11H13FN2OS. The summed E-state index contributed by atoms with van der Waals surface area (Å²) in [5, 5.41) is 0. The van der Waals surface area contributed by atoms with E-state index in [2.05, 4.69) is 0 Å². The molecule has 1 aromatic rings. The van der Waals surface area contributed by atoms with Crippen molar-refractivity contribution in [3.05, 3.63) is 35.6 Å². The highest BCUT2D eigenvalue weighted by Gasteiger charge is 2.14. The van der Waals surface area contributed by atoms with E-state index in [1.54, 1.807) is 6.07 Å². The molecule has 1 rings (SSSR count). The van der Waals surface area contributed by atoms with Crippen LogP contribution in [-0.4, -0.2) is 28.9 Å². The normalized spacial score (nSPS) is 9.88. The predicted molar refractivity (Wildman–Crippen MR) is 64.8 cm³/mol. The zero-order chi connectivity index (χ0) is 12.1. The smallest absolute Gasteiger partial charge is 0.254 e. The number of halogens is 1. The molecule has 5 heteroatoms. The van der Waals surface area contributed by atoms with Crippen molar-refractivity contribution < 1.29 is 9.18 Å². The first-order chi connectivity index (χ1) is 7.54. The van der Waals surface area contributed by atoms with Gasteiger partial charge in [-0.25, -0.2) is 4.39 Å². The van der Waals surface area contributed by atoms with Crippen LogP contribution in [0, 0.1) is 5.82 Å². The second kappa shape index (κ2) is 5.55. The lowest BCUT2D eigenvalue weighted by molar-refractivity contribution is 0.0787. The molecule has 0 heterocycles. The van der Waals surface area contributed by atoms with Crippen LogP contribution in [-0.2, 0) is 0 Å². The number of rotatable bonds is 4. The van der Waals surface area contributed by atoms with Crippen molar-refractivity contribution in [2.45, 2.75) is 6.92 Å². The van der Waals surface area contributed by atoms with E-state index >= 15 is 0 Å². The Morgan fingerprint density at radius 2 is 2.25 bits per heavy atom. The van der Waals surface area contributed by atoms with E-state index in [1.807, 2.05) is 6.92 Å². The highest BCUT2D eigenvalue weighted by atomic mass is 32.1. The molecule has 1 aromatic carbocycles. The van der Waals surface area contributed by atoms with Crippen molar-refractivity contribution in [2.24, 2.45) is 5.73 Å². The number of nitrogens with zero attached hydrogens (tertiary/aromatic N) is 1. The van der Waals surface area contributed by atoms with Gasteiger partial charge in [0.15, 0.2) is 0 Å². The minimum atomic E-state index is -0.433. The van der Waals surface area contributed by atoms with Crippen LogP contribution in [0.15, 0.2) is 24.3 Å². The fraction of sp³-hybridized carbons (Fsp3) is 0.273. The van der Waals surface area contributed by atoms with Crippen molar-refractivity contribution in [1.29, 1.82) is 0 Å². The molecule has 0 aliphatic rings. The Morgan fingerprint density at radius 3 is 2.75 bits per heavy atom. The number of amides is 1. The van der Waals surface area contributed by atoms with Crippen LogP contribution in [0.4, 0.5) is 4.39 Å². The van der Waals surface area contributed by atoms with Crippen LogP contribution in [0.3, 0.4) is 0 Å². The highest BCUT2D eigenvalue weighted by molar-refractivity contribution is 7.80. The minimum absolute atomic E-state index is 0.210. The molecule has 0 atom stereocenters. The molecule has 0 aromatic heterocycles. The summed E-state index contributed by atoms with van der Waals surface area (Å²) >= 11 is 4.74. The maximum atomic E-state index is 12.9. The SMILES string of the molecule is CCN(CC(N)=S)C(=O)c1cccc(F)c1. The summed E-state index contributed by atoms with van der Waals surface area (Å²) in [5.41, 5.74) is 5.68. The number of likely N-dealkylation sites (N-methyl/N-ethyl adjacent to an activating group) is 1. The third-order valence-corrected chi connectivity index (χ3v) is 2.22. The third-order valence-electron chi connectivity index (χ3n) is 2.09. The van der Waals surface area contributed by atoms with Gasteiger partial charge in [0.05, 0.1) is 11.5 Å². The van der Waals surface area contributed by atoms with Gasteiger partial charge in [0.2, 0.25) is 0 Å². The summed E-state index contributed by atoms with van der Waals surface area (Å²) in [7, 11) is 0. The van der Waals surface area contributed by atoms with E-state index in [1.165, 1.54) is 23.1 Å². The Bertz CT molecular complexity index is 409. The second-order valence-electron chi connectivity index (χ2n) is 3.30. The lowest BCUT2D eigenvalue weighted by Crippen LogP contribution is -2.37. The largest absolute Gasteiger partial charge is 0.392 e. The Labute approximate surface area is 99.0 Å². The molecule has 0 aliphatic carbocycles. The molecule has 0 aliphatic heterocycles. The Balaban J connectivity index is 2.86. The van der Waals surface area contributed by atoms with Crippen molar-refractivity contribution in [2.75, 3.05) is 13.1 Å². The topological polar surface area (TPSA) is 46.3 Å². The van der Waals surface area contributed by atoms with Gasteiger partial charge >= 0.3 is 0 Å². The van der Waals surface area contributed by atoms with E-state index in [4.69, 9.17) is 18.0 Å². The van der Waals surface area contributed by atoms with E-state index in [0.717, 1.165) is 0 Å². The molecule has 0 radical (unpaired) electrons. The molecule has 16 heavy (non-hydrogen) atoms. The lowest BCUT2D eigenvalue weighted by Gasteiger charge is -2.20. The number of carbonyl (C=O) groups is 1. The third kappa shape index (κ3) is 3.27. The quantitative estimate of drug-likeness (QED) is 0.813. The van der Waals surface area contributed by atoms with Crippen molar-refractivity contribution in [3.8, 4) is 0 Å². The van der Waals surface area contributed by atoms with Crippen LogP contribution in [0.5, 0.6) is 0 Å². The van der Waals surface area contributed by atoms with E-state index < -0.39 is 5.82 Å². The molecule has 0 saturated carbocycles. The predicted octanol–water partition coefficient (Wildman–Crippen LogP) is 1.57. The molecule has 0 saturated heterocycles. The van der Waals surface area contributed by atoms with Crippen LogP contribution < -0.4 is 5.73 Å². The fourth-order valence-corrected chi connectivity index (χ4v) is 1.48. The average molecular weight is 240 g/mol. The van der Waals surface area contributed by atoms with E-state index in [0.29, 0.717) is 12.1 Å². The summed E-state index contributed by atoms with van der Waals surface area (Å²) in [6, 6.07) is 5.55. The maximum absolute atomic E-state index is 12.9. The van der Waals surface area contributed by atoms with Crippen molar-refractivity contribution in [3.63, 3.8) is 0 Å². The van der Waals surface area contributed by atoms with Crippen molar-refractivity contribution in [1.82, 2.24) is 4.90 Å². The molecule has 0 bridgehead atoms. The lowest BCUT2D eigenvalue weighted by atomic mass is 10.2. The van der Waals surface area contributed by atoms with Gasteiger partial charge in [-0.05, 0) is 25.1 Å². The average Bonchev–Trinajstić information content (AvgIpc) is 2.24. The maximum Gasteiger partial charge on any atom is 0.254 e. The van der Waals surface area contributed by atoms with E-state index in [9.17, 15) is 9.18 Å². The number of hydrogen-bond acceptors (Lipinski definition) is 2. The summed E-state index contributed by atoms with van der Waals surface area (Å²) < 4.78 is 12.9. The highest BCUT2D eigenvalue weighted by Crippen LogP contribution is 2.07. The fourth-order valence-electron chi connectivity index (χ4n) is 1.32. The van der Waals surface area contributed by atoms with Crippen molar-refractivity contribution >= 4 is 23.1 Å². The van der Waals surface area contributed by atoms with Crippen LogP contribution in [0.1, 0.15) is 17.3 Å². The van der Waals surface area contributed by atoms with Gasteiger partial charge in [0.1, 0.15) is 5.82 Å². The minimum Gasteiger partial charge on any atom is -0.392 e. The zero-order valence-electron chi connectivity index (χ0n) is 8.94. The molecule has 0 fully saturated rings. The molecular weight excluding hydrogens is 227 g/mol. The Kier molecular flexibility index (Phi) is 4.37. The van der Waals surface area contributed by atoms with Crippen LogP contribution in [0.25, 0.3) is 0 Å². The summed E-state index contributed by atoms with van der Waals surface area (Å²) in [6.45, 7) is 2.50. The monoisotopic (exact) mass is 240 g/mol. The van der Waals surface area contributed by atoms with Crippen LogP contribution in [0.2, 0.25) is 0 Å². The van der Waals surface area contributed by atoms with Gasteiger partial charge in [0, 0.05) is 12.1 Å². The number of carbonyl (C=O) groups excluding carboxylic acids is 1. The molecule has 2 N–H and O–H groups in total. The molecule has 0 spiro atoms. The van der Waals surface area contributed by atoms with Crippen LogP contribution >= 0.6 is 12.2 Å². The number of nitrogens with two attached hydrogens (primary N) is 1. The summed E-state index contributed by atoms with van der Waals surface area (Å²) in [6.07, 6.45) is 0. The summed E-state index contributed by atoms with van der Waals surface area (Å²) in [5.74, 6) is -0.702. The Morgan fingerprint density at radius 1 is 1.56 bits per heavy atom. The molecule has 1 amide bonds. The second-order valence-corrected chi connectivity index (χ2v) is 3.82. The number of benzene rings is 1. The first-order valence-electron chi connectivity index (χ1n) is 4.87. The Hall–Kier alpha value is -1.49. The van der Waals surface area contributed by atoms with Gasteiger partial charge in [-0.3, -0.25) is 4.79 Å². The summed E-state index contributed by atoms with van der Waals surface area (Å²) in [4.78, 5) is 13.6. The van der Waals surface area contributed by atoms with Gasteiger partial charge in [-0.1, -0.05) is 18.3 Å². The van der Waals surface area contributed by atoms with Gasteiger partial charge in [0.25, 0.3) is 5.91 Å². The first kappa shape index (κ1) is 12.6. The number of hydrogen-bond donors (Lipinski definition) is 1. The first-order valence-corrected chi connectivity index (χ1v) is 5.28. The molecule has 86 valence electrons. The molecule has 3 nitrogen and oxygen atoms in total. The van der Waals surface area contributed by atoms with E-state index in [-0.39, 0.29) is 17.4 Å². The zero-order valence-corrected chi connectivity index (χ0v) is 9.76. The number of thiocarbonyl (C=S) groups is 1.